The highest BCUT2D eigenvalue weighted by molar-refractivity contribution is 5.27. The van der Waals surface area contributed by atoms with Gasteiger partial charge in [-0.3, -0.25) is 0 Å². The maximum atomic E-state index is 11.3. The Kier molecular flexibility index (Phi) is 6.01. The minimum Gasteiger partial charge on any atom is -0.392 e. The highest BCUT2D eigenvalue weighted by Crippen LogP contribution is 2.67. The Morgan fingerprint density at radius 1 is 0.966 bits per heavy atom. The fourth-order valence-electron chi connectivity index (χ4n) is 8.70. The first-order valence-electron chi connectivity index (χ1n) is 12.7. The minimum absolute atomic E-state index is 0.204. The number of aliphatic hydroxyl groups excluding tert-OH is 2. The van der Waals surface area contributed by atoms with Crippen LogP contribution in [-0.2, 0) is 0 Å². The zero-order valence-electron chi connectivity index (χ0n) is 19.7. The van der Waals surface area contributed by atoms with E-state index in [2.05, 4.69) is 40.7 Å². The molecular formula is C27H46O2. The molecule has 3 fully saturated rings. The van der Waals surface area contributed by atoms with E-state index in [9.17, 15) is 10.2 Å². The molecule has 0 amide bonds. The molecule has 2 nitrogen and oxygen atoms in total. The normalized spacial score (nSPS) is 47.9. The largest absolute Gasteiger partial charge is 0.392 e. The third-order valence-corrected chi connectivity index (χ3v) is 10.3. The molecule has 0 aromatic rings. The summed E-state index contributed by atoms with van der Waals surface area (Å²) in [6.45, 7) is 12.3. The van der Waals surface area contributed by atoms with Crippen LogP contribution < -0.4 is 0 Å². The van der Waals surface area contributed by atoms with Gasteiger partial charge in [0.15, 0.2) is 0 Å². The monoisotopic (exact) mass is 402 g/mol. The highest BCUT2D eigenvalue weighted by atomic mass is 16.3. The van der Waals surface area contributed by atoms with E-state index in [0.29, 0.717) is 23.2 Å². The first-order chi connectivity index (χ1) is 13.7. The Balaban J connectivity index is 1.53. The predicted molar refractivity (Wildman–Crippen MR) is 120 cm³/mol. The van der Waals surface area contributed by atoms with Crippen LogP contribution in [0, 0.1) is 46.3 Å². The van der Waals surface area contributed by atoms with Crippen LogP contribution >= 0.6 is 0 Å². The molecule has 0 saturated heterocycles. The molecule has 0 heterocycles. The molecule has 0 spiro atoms. The van der Waals surface area contributed by atoms with Crippen molar-refractivity contribution in [2.45, 2.75) is 111 Å². The Bertz CT molecular complexity index is 624. The van der Waals surface area contributed by atoms with Crippen LogP contribution in [0.2, 0.25) is 0 Å². The summed E-state index contributed by atoms with van der Waals surface area (Å²) in [5.74, 6) is 4.25. The van der Waals surface area contributed by atoms with Gasteiger partial charge in [-0.05, 0) is 91.3 Å². The topological polar surface area (TPSA) is 40.5 Å². The molecule has 0 aromatic heterocycles. The van der Waals surface area contributed by atoms with Crippen LogP contribution in [0.15, 0.2) is 11.6 Å². The van der Waals surface area contributed by atoms with E-state index in [0.717, 1.165) is 37.0 Å². The molecule has 9 atom stereocenters. The van der Waals surface area contributed by atoms with Gasteiger partial charge in [-0.25, -0.2) is 0 Å². The van der Waals surface area contributed by atoms with Gasteiger partial charge in [-0.2, -0.15) is 0 Å². The first-order valence-corrected chi connectivity index (χ1v) is 12.7. The van der Waals surface area contributed by atoms with Crippen molar-refractivity contribution < 1.29 is 10.2 Å². The molecule has 0 aromatic carbocycles. The number of fused-ring (bicyclic) bond motifs is 5. The van der Waals surface area contributed by atoms with E-state index in [1.165, 1.54) is 50.5 Å². The molecule has 4 rings (SSSR count). The fourth-order valence-corrected chi connectivity index (χ4v) is 8.70. The third-order valence-electron chi connectivity index (χ3n) is 10.3. The molecule has 0 bridgehead atoms. The molecular weight excluding hydrogens is 356 g/mol. The summed E-state index contributed by atoms with van der Waals surface area (Å²) in [5.41, 5.74) is 2.00. The van der Waals surface area contributed by atoms with Crippen LogP contribution in [0.4, 0.5) is 0 Å². The summed E-state index contributed by atoms with van der Waals surface area (Å²) in [4.78, 5) is 0. The van der Waals surface area contributed by atoms with Gasteiger partial charge in [0.1, 0.15) is 0 Å². The molecule has 3 saturated carbocycles. The van der Waals surface area contributed by atoms with E-state index in [4.69, 9.17) is 0 Å². The molecule has 4 aliphatic carbocycles. The zero-order valence-corrected chi connectivity index (χ0v) is 19.7. The Labute approximate surface area is 179 Å². The van der Waals surface area contributed by atoms with E-state index < -0.39 is 0 Å². The predicted octanol–water partition coefficient (Wildman–Crippen LogP) is 6.36. The first kappa shape index (κ1) is 21.9. The minimum atomic E-state index is -0.293. The lowest BCUT2D eigenvalue weighted by atomic mass is 9.45. The summed E-state index contributed by atoms with van der Waals surface area (Å²) in [6, 6.07) is 0. The van der Waals surface area contributed by atoms with Gasteiger partial charge in [-0.15, -0.1) is 0 Å². The highest BCUT2D eigenvalue weighted by Gasteiger charge is 2.61. The average Bonchev–Trinajstić information content (AvgIpc) is 3.00. The van der Waals surface area contributed by atoms with Crippen LogP contribution in [0.25, 0.3) is 0 Å². The van der Waals surface area contributed by atoms with Crippen molar-refractivity contribution in [3.8, 4) is 0 Å². The van der Waals surface area contributed by atoms with Gasteiger partial charge < -0.3 is 10.2 Å². The van der Waals surface area contributed by atoms with Crippen LogP contribution in [0.5, 0.6) is 0 Å². The summed E-state index contributed by atoms with van der Waals surface area (Å²) < 4.78 is 0. The van der Waals surface area contributed by atoms with Crippen molar-refractivity contribution in [3.63, 3.8) is 0 Å². The number of aliphatic hydroxyl groups is 2. The Morgan fingerprint density at radius 3 is 2.45 bits per heavy atom. The molecule has 29 heavy (non-hydrogen) atoms. The number of rotatable bonds is 5. The van der Waals surface area contributed by atoms with Gasteiger partial charge in [0.2, 0.25) is 0 Å². The van der Waals surface area contributed by atoms with Crippen LogP contribution in [0.1, 0.15) is 98.8 Å². The second-order valence-corrected chi connectivity index (χ2v) is 12.3. The standard InChI is InChI=1S/C27H46O2/c1-17(2)7-6-8-18(3)21-9-10-22-25-23(12-14-27(21,22)5)26(4)13-11-20(28)15-19(26)16-24(25)29/h15,17-18,20-25,28-29H,6-14,16H2,1-5H3/t18-,20+,21-,22?,23?,24+,25?,26+,27-/m1/s1. The molecule has 4 aliphatic rings. The lowest BCUT2D eigenvalue weighted by molar-refractivity contribution is -0.115. The quantitative estimate of drug-likeness (QED) is 0.525. The molecule has 166 valence electrons. The van der Waals surface area contributed by atoms with Crippen molar-refractivity contribution >= 4 is 0 Å². The lowest BCUT2D eigenvalue weighted by Crippen LogP contribution is -2.55. The molecule has 0 radical (unpaired) electrons. The van der Waals surface area contributed by atoms with Crippen LogP contribution in [-0.4, -0.2) is 22.4 Å². The number of hydrogen-bond donors (Lipinski definition) is 2. The van der Waals surface area contributed by atoms with Gasteiger partial charge in [0, 0.05) is 0 Å². The molecule has 0 aliphatic heterocycles. The summed E-state index contributed by atoms with van der Waals surface area (Å²) in [7, 11) is 0. The molecule has 2 N–H and O–H groups in total. The maximum absolute atomic E-state index is 11.3. The van der Waals surface area contributed by atoms with Crippen molar-refractivity contribution in [2.75, 3.05) is 0 Å². The van der Waals surface area contributed by atoms with Gasteiger partial charge >= 0.3 is 0 Å². The van der Waals surface area contributed by atoms with Gasteiger partial charge in [0.05, 0.1) is 12.2 Å². The maximum Gasteiger partial charge on any atom is 0.0724 e. The molecule has 3 unspecified atom stereocenters. The van der Waals surface area contributed by atoms with E-state index in [-0.39, 0.29) is 17.6 Å². The third kappa shape index (κ3) is 3.65. The van der Waals surface area contributed by atoms with E-state index >= 15 is 0 Å². The van der Waals surface area contributed by atoms with Crippen molar-refractivity contribution in [1.82, 2.24) is 0 Å². The van der Waals surface area contributed by atoms with Crippen molar-refractivity contribution in [2.24, 2.45) is 46.3 Å². The number of hydrogen-bond acceptors (Lipinski definition) is 2. The Hall–Kier alpha value is -0.340. The summed E-state index contributed by atoms with van der Waals surface area (Å²) in [5, 5.41) is 21.5. The van der Waals surface area contributed by atoms with Crippen molar-refractivity contribution in [1.29, 1.82) is 0 Å². The van der Waals surface area contributed by atoms with E-state index in [1.807, 2.05) is 0 Å². The van der Waals surface area contributed by atoms with E-state index in [1.54, 1.807) is 0 Å². The second-order valence-electron chi connectivity index (χ2n) is 12.3. The zero-order chi connectivity index (χ0) is 21.0. The fraction of sp³-hybridized carbons (Fsp3) is 0.926. The second kappa shape index (κ2) is 7.97. The molecule has 2 heteroatoms. The summed E-state index contributed by atoms with van der Waals surface area (Å²) >= 11 is 0. The lowest BCUT2D eigenvalue weighted by Gasteiger charge is -2.60. The van der Waals surface area contributed by atoms with Gasteiger partial charge in [0.25, 0.3) is 0 Å². The van der Waals surface area contributed by atoms with Gasteiger partial charge in [-0.1, -0.05) is 65.5 Å². The smallest absolute Gasteiger partial charge is 0.0724 e. The SMILES string of the molecule is CC(C)CCC[C@@H](C)[C@H]1CCC2C3C(CC[C@@]21C)[C@@]1(C)CC[C@H](O)C=C1C[C@@H]3O. The summed E-state index contributed by atoms with van der Waals surface area (Å²) in [6.07, 6.45) is 13.8. The van der Waals surface area contributed by atoms with Crippen LogP contribution in [0.3, 0.4) is 0 Å². The average molecular weight is 403 g/mol. The Morgan fingerprint density at radius 2 is 1.72 bits per heavy atom. The van der Waals surface area contributed by atoms with Crippen molar-refractivity contribution in [3.05, 3.63) is 11.6 Å².